The van der Waals surface area contributed by atoms with Crippen molar-refractivity contribution < 1.29 is 13.3 Å². The van der Waals surface area contributed by atoms with E-state index in [1.165, 1.54) is 16.9 Å². The Morgan fingerprint density at radius 3 is 2.71 bits per heavy atom. The Morgan fingerprint density at radius 1 is 1.64 bits per heavy atom. The average molecular weight is 219 g/mol. The SMILES string of the molecule is CS(=O)(=O)CCn1ccc([N+](=O)[O-])n1. The average Bonchev–Trinajstić information content (AvgIpc) is 2.47. The molecular weight excluding hydrogens is 210 g/mol. The van der Waals surface area contributed by atoms with Crippen LogP contribution in [0.3, 0.4) is 0 Å². The second-order valence-corrected chi connectivity index (χ2v) is 5.08. The van der Waals surface area contributed by atoms with Crippen LogP contribution in [0, 0.1) is 10.1 Å². The zero-order valence-electron chi connectivity index (χ0n) is 7.45. The molecule has 0 fully saturated rings. The highest BCUT2D eigenvalue weighted by Crippen LogP contribution is 2.05. The summed E-state index contributed by atoms with van der Waals surface area (Å²) in [6, 6.07) is 1.22. The highest BCUT2D eigenvalue weighted by Gasteiger charge is 2.11. The Hall–Kier alpha value is -1.44. The molecule has 78 valence electrons. The summed E-state index contributed by atoms with van der Waals surface area (Å²) in [5.41, 5.74) is 0. The van der Waals surface area contributed by atoms with Crippen LogP contribution in [0.25, 0.3) is 0 Å². The lowest BCUT2D eigenvalue weighted by molar-refractivity contribution is -0.389. The molecule has 0 aliphatic carbocycles. The normalized spacial score (nSPS) is 11.5. The summed E-state index contributed by atoms with van der Waals surface area (Å²) in [5, 5.41) is 13.8. The summed E-state index contributed by atoms with van der Waals surface area (Å²) in [7, 11) is -3.06. The second-order valence-electron chi connectivity index (χ2n) is 2.82. The zero-order valence-corrected chi connectivity index (χ0v) is 8.27. The van der Waals surface area contributed by atoms with Gasteiger partial charge in [-0.3, -0.25) is 0 Å². The van der Waals surface area contributed by atoms with Gasteiger partial charge < -0.3 is 10.1 Å². The van der Waals surface area contributed by atoms with Gasteiger partial charge in [0.05, 0.1) is 29.7 Å². The first-order chi connectivity index (χ1) is 6.38. The molecule has 0 aliphatic rings. The van der Waals surface area contributed by atoms with Crippen LogP contribution in [0.1, 0.15) is 0 Å². The fourth-order valence-corrected chi connectivity index (χ4v) is 1.35. The number of aryl methyl sites for hydroxylation is 1. The Bertz CT molecular complexity index is 436. The van der Waals surface area contributed by atoms with Gasteiger partial charge in [-0.25, -0.2) is 8.42 Å². The first kappa shape index (κ1) is 10.6. The molecule has 8 heteroatoms. The van der Waals surface area contributed by atoms with Gasteiger partial charge in [0, 0.05) is 6.26 Å². The van der Waals surface area contributed by atoms with Crippen LogP contribution < -0.4 is 0 Å². The lowest BCUT2D eigenvalue weighted by atomic mass is 10.6. The maximum atomic E-state index is 10.8. The van der Waals surface area contributed by atoms with Crippen molar-refractivity contribution in [2.24, 2.45) is 0 Å². The molecule has 1 aromatic rings. The van der Waals surface area contributed by atoms with E-state index in [4.69, 9.17) is 0 Å². The predicted octanol–water partition coefficient (Wildman–Crippen LogP) is -0.164. The smallest absolute Gasteiger partial charge is 0.358 e. The van der Waals surface area contributed by atoms with E-state index in [2.05, 4.69) is 5.10 Å². The maximum Gasteiger partial charge on any atom is 0.389 e. The van der Waals surface area contributed by atoms with Crippen molar-refractivity contribution in [3.8, 4) is 0 Å². The van der Waals surface area contributed by atoms with E-state index in [1.54, 1.807) is 0 Å². The van der Waals surface area contributed by atoms with E-state index in [9.17, 15) is 18.5 Å². The number of hydrogen-bond acceptors (Lipinski definition) is 5. The minimum atomic E-state index is -3.06. The van der Waals surface area contributed by atoms with Gasteiger partial charge in [0.1, 0.15) is 9.84 Å². The molecule has 0 N–H and O–H groups in total. The van der Waals surface area contributed by atoms with E-state index < -0.39 is 14.8 Å². The van der Waals surface area contributed by atoms with Crippen LogP contribution in [0.15, 0.2) is 12.3 Å². The highest BCUT2D eigenvalue weighted by molar-refractivity contribution is 7.90. The fraction of sp³-hybridized carbons (Fsp3) is 0.500. The van der Waals surface area contributed by atoms with Crippen LogP contribution in [-0.2, 0) is 16.4 Å². The summed E-state index contributed by atoms with van der Waals surface area (Å²) in [4.78, 5) is 9.60. The number of hydrogen-bond donors (Lipinski definition) is 0. The number of nitrogens with zero attached hydrogens (tertiary/aromatic N) is 3. The quantitative estimate of drug-likeness (QED) is 0.517. The first-order valence-corrected chi connectivity index (χ1v) is 5.80. The third-order valence-electron chi connectivity index (χ3n) is 1.50. The number of sulfone groups is 1. The van der Waals surface area contributed by atoms with Crippen molar-refractivity contribution in [2.45, 2.75) is 6.54 Å². The van der Waals surface area contributed by atoms with Gasteiger partial charge in [-0.2, -0.15) is 4.68 Å². The molecule has 0 bridgehead atoms. The van der Waals surface area contributed by atoms with Gasteiger partial charge in [0.25, 0.3) is 0 Å². The van der Waals surface area contributed by atoms with E-state index in [1.807, 2.05) is 0 Å². The maximum absolute atomic E-state index is 10.8. The van der Waals surface area contributed by atoms with Crippen molar-refractivity contribution >= 4 is 15.7 Å². The van der Waals surface area contributed by atoms with Crippen molar-refractivity contribution in [1.82, 2.24) is 9.78 Å². The molecule has 1 rings (SSSR count). The third-order valence-corrected chi connectivity index (χ3v) is 2.43. The van der Waals surface area contributed by atoms with Gasteiger partial charge in [-0.05, 0) is 4.92 Å². The van der Waals surface area contributed by atoms with Crippen molar-refractivity contribution in [3.05, 3.63) is 22.4 Å². The Kier molecular flexibility index (Phi) is 2.84. The number of nitro groups is 1. The van der Waals surface area contributed by atoms with Gasteiger partial charge in [0.2, 0.25) is 0 Å². The number of aromatic nitrogens is 2. The highest BCUT2D eigenvalue weighted by atomic mass is 32.2. The summed E-state index contributed by atoms with van der Waals surface area (Å²) in [6.07, 6.45) is 2.48. The standard InChI is InChI=1S/C6H9N3O4S/c1-14(12,13)5-4-8-3-2-6(7-8)9(10)11/h2-3H,4-5H2,1H3. The molecule has 0 spiro atoms. The molecule has 0 unspecified atom stereocenters. The first-order valence-electron chi connectivity index (χ1n) is 3.74. The van der Waals surface area contributed by atoms with Crippen molar-refractivity contribution in [2.75, 3.05) is 12.0 Å². The minimum absolute atomic E-state index is 0.0775. The van der Waals surface area contributed by atoms with Crippen molar-refractivity contribution in [1.29, 1.82) is 0 Å². The minimum Gasteiger partial charge on any atom is -0.358 e. The lowest BCUT2D eigenvalue weighted by Crippen LogP contribution is -2.11. The third kappa shape index (κ3) is 3.13. The molecule has 0 aromatic carbocycles. The summed E-state index contributed by atoms with van der Waals surface area (Å²) in [6.45, 7) is 0.132. The molecule has 0 radical (unpaired) electrons. The van der Waals surface area contributed by atoms with Crippen LogP contribution in [-0.4, -0.2) is 35.1 Å². The summed E-state index contributed by atoms with van der Waals surface area (Å²) in [5.74, 6) is -0.357. The molecule has 14 heavy (non-hydrogen) atoms. The molecule has 0 aliphatic heterocycles. The second kappa shape index (κ2) is 3.74. The zero-order chi connectivity index (χ0) is 10.8. The van der Waals surface area contributed by atoms with E-state index in [-0.39, 0.29) is 18.1 Å². The van der Waals surface area contributed by atoms with Gasteiger partial charge in [-0.15, -0.1) is 0 Å². The van der Waals surface area contributed by atoms with Crippen molar-refractivity contribution in [3.63, 3.8) is 0 Å². The van der Waals surface area contributed by atoms with E-state index in [0.29, 0.717) is 0 Å². The molecular formula is C6H9N3O4S. The molecule has 0 amide bonds. The Morgan fingerprint density at radius 2 is 2.29 bits per heavy atom. The largest absolute Gasteiger partial charge is 0.389 e. The Labute approximate surface area is 80.4 Å². The molecule has 1 aromatic heterocycles. The monoisotopic (exact) mass is 219 g/mol. The van der Waals surface area contributed by atoms with Crippen LogP contribution in [0.4, 0.5) is 5.82 Å². The van der Waals surface area contributed by atoms with Crippen LogP contribution >= 0.6 is 0 Å². The molecule has 0 atom stereocenters. The molecule has 7 nitrogen and oxygen atoms in total. The fourth-order valence-electron chi connectivity index (χ4n) is 0.832. The topological polar surface area (TPSA) is 95.1 Å². The lowest BCUT2D eigenvalue weighted by Gasteiger charge is -1.94. The van der Waals surface area contributed by atoms with E-state index >= 15 is 0 Å². The van der Waals surface area contributed by atoms with Crippen LogP contribution in [0.5, 0.6) is 0 Å². The number of rotatable bonds is 4. The van der Waals surface area contributed by atoms with E-state index in [0.717, 1.165) is 6.26 Å². The Balaban J connectivity index is 2.65. The van der Waals surface area contributed by atoms with Gasteiger partial charge >= 0.3 is 5.82 Å². The molecule has 1 heterocycles. The summed E-state index contributed by atoms with van der Waals surface area (Å²) < 4.78 is 22.8. The van der Waals surface area contributed by atoms with Gasteiger partial charge in [-0.1, -0.05) is 0 Å². The predicted molar refractivity (Wildman–Crippen MR) is 48.6 cm³/mol. The van der Waals surface area contributed by atoms with Crippen LogP contribution in [0.2, 0.25) is 0 Å². The molecule has 0 saturated heterocycles. The molecule has 0 saturated carbocycles. The summed E-state index contributed by atoms with van der Waals surface area (Å²) >= 11 is 0. The van der Waals surface area contributed by atoms with Gasteiger partial charge in [0.15, 0.2) is 0 Å².